The highest BCUT2D eigenvalue weighted by atomic mass is 16.5. The third kappa shape index (κ3) is 3.37. The lowest BCUT2D eigenvalue weighted by atomic mass is 9.96. The predicted octanol–water partition coefficient (Wildman–Crippen LogP) is 3.81. The minimum absolute atomic E-state index is 0.0790. The van der Waals surface area contributed by atoms with E-state index < -0.39 is 0 Å². The Bertz CT molecular complexity index is 868. The Labute approximate surface area is 154 Å². The van der Waals surface area contributed by atoms with Crippen molar-refractivity contribution >= 4 is 11.4 Å². The van der Waals surface area contributed by atoms with Gasteiger partial charge in [0.15, 0.2) is 17.3 Å². The van der Waals surface area contributed by atoms with Crippen LogP contribution in [-0.4, -0.2) is 33.1 Å². The van der Waals surface area contributed by atoms with Gasteiger partial charge in [-0.25, -0.2) is 0 Å². The van der Waals surface area contributed by atoms with Crippen LogP contribution in [0.15, 0.2) is 42.0 Å². The summed E-state index contributed by atoms with van der Waals surface area (Å²) in [5.74, 6) is 1.32. The van der Waals surface area contributed by atoms with Crippen molar-refractivity contribution in [2.45, 2.75) is 20.3 Å². The molecule has 0 aliphatic heterocycles. The number of Topliss-reactive ketones (excluding diaryl/α,β-unsaturated/α-hetero) is 1. The second kappa shape index (κ2) is 7.75. The standard InChI is InChI=1S/C22H25NO3/c1-5-23-13-19(15-8-6-7-14(2)9-15)18-10-16-11-20(25-3)21(26-4)12-17(16)22(18)24/h6-9,11-12,23H,5,10,13H2,1-4H3. The number of allylic oxidation sites excluding steroid dienone is 1. The van der Waals surface area contributed by atoms with E-state index in [2.05, 4.69) is 37.4 Å². The molecule has 0 fully saturated rings. The molecule has 3 rings (SSSR count). The van der Waals surface area contributed by atoms with Crippen molar-refractivity contribution < 1.29 is 14.3 Å². The molecule has 1 aliphatic rings. The molecule has 0 saturated heterocycles. The summed E-state index contributed by atoms with van der Waals surface area (Å²) < 4.78 is 10.8. The van der Waals surface area contributed by atoms with Gasteiger partial charge in [-0.2, -0.15) is 0 Å². The van der Waals surface area contributed by atoms with E-state index in [-0.39, 0.29) is 5.78 Å². The van der Waals surface area contributed by atoms with E-state index in [1.54, 1.807) is 20.3 Å². The van der Waals surface area contributed by atoms with Crippen LogP contribution in [0.4, 0.5) is 0 Å². The Morgan fingerprint density at radius 2 is 1.85 bits per heavy atom. The second-order valence-electron chi connectivity index (χ2n) is 6.48. The molecule has 0 amide bonds. The summed E-state index contributed by atoms with van der Waals surface area (Å²) in [6, 6.07) is 12.0. The van der Waals surface area contributed by atoms with Crippen molar-refractivity contribution in [3.8, 4) is 11.5 Å². The van der Waals surface area contributed by atoms with Crippen LogP contribution in [0.2, 0.25) is 0 Å². The third-order valence-corrected chi connectivity index (χ3v) is 4.78. The summed E-state index contributed by atoms with van der Waals surface area (Å²) in [6.07, 6.45) is 0.614. The van der Waals surface area contributed by atoms with Crippen LogP contribution in [0.3, 0.4) is 0 Å². The average Bonchev–Trinajstić information content (AvgIpc) is 2.97. The number of likely N-dealkylation sites (N-methyl/N-ethyl adjacent to an activating group) is 1. The van der Waals surface area contributed by atoms with Crippen LogP contribution in [0.1, 0.15) is 34.0 Å². The highest BCUT2D eigenvalue weighted by Crippen LogP contribution is 2.38. The number of ether oxygens (including phenoxy) is 2. The number of rotatable bonds is 6. The Morgan fingerprint density at radius 3 is 2.50 bits per heavy atom. The van der Waals surface area contributed by atoms with Crippen LogP contribution in [0.25, 0.3) is 5.57 Å². The fourth-order valence-electron chi connectivity index (χ4n) is 3.42. The van der Waals surface area contributed by atoms with Crippen LogP contribution in [-0.2, 0) is 6.42 Å². The fourth-order valence-corrected chi connectivity index (χ4v) is 3.42. The van der Waals surface area contributed by atoms with Gasteiger partial charge in [0.25, 0.3) is 0 Å². The quantitative estimate of drug-likeness (QED) is 0.804. The van der Waals surface area contributed by atoms with Gasteiger partial charge in [0.2, 0.25) is 0 Å². The summed E-state index contributed by atoms with van der Waals surface area (Å²) in [5.41, 5.74) is 5.89. The van der Waals surface area contributed by atoms with Gasteiger partial charge in [-0.1, -0.05) is 36.8 Å². The first-order valence-electron chi connectivity index (χ1n) is 8.88. The van der Waals surface area contributed by atoms with E-state index in [0.717, 1.165) is 28.8 Å². The van der Waals surface area contributed by atoms with Crippen molar-refractivity contribution in [3.63, 3.8) is 0 Å². The van der Waals surface area contributed by atoms with Gasteiger partial charge in [-0.05, 0) is 42.3 Å². The van der Waals surface area contributed by atoms with E-state index in [1.165, 1.54) is 5.56 Å². The SMILES string of the molecule is CCNCC(=C1Cc2cc(OC)c(OC)cc2C1=O)c1cccc(C)c1. The van der Waals surface area contributed by atoms with Crippen LogP contribution in [0.5, 0.6) is 11.5 Å². The molecule has 2 aromatic carbocycles. The Balaban J connectivity index is 2.10. The van der Waals surface area contributed by atoms with Gasteiger partial charge in [0.1, 0.15) is 0 Å². The molecule has 1 aliphatic carbocycles. The first kappa shape index (κ1) is 18.2. The summed E-state index contributed by atoms with van der Waals surface area (Å²) in [7, 11) is 3.20. The van der Waals surface area contributed by atoms with Crippen LogP contribution in [0, 0.1) is 6.92 Å². The molecule has 136 valence electrons. The number of hydrogen-bond acceptors (Lipinski definition) is 4. The van der Waals surface area contributed by atoms with E-state index >= 15 is 0 Å². The molecule has 0 heterocycles. The normalized spacial score (nSPS) is 15.0. The zero-order valence-electron chi connectivity index (χ0n) is 15.8. The van der Waals surface area contributed by atoms with Gasteiger partial charge in [0, 0.05) is 24.1 Å². The molecule has 0 radical (unpaired) electrons. The molecule has 1 N–H and O–H groups in total. The highest BCUT2D eigenvalue weighted by Gasteiger charge is 2.30. The van der Waals surface area contributed by atoms with Gasteiger partial charge in [-0.15, -0.1) is 0 Å². The number of ketones is 1. The highest BCUT2D eigenvalue weighted by molar-refractivity contribution is 6.17. The first-order chi connectivity index (χ1) is 12.6. The number of hydrogen-bond donors (Lipinski definition) is 1. The van der Waals surface area contributed by atoms with E-state index in [1.807, 2.05) is 12.1 Å². The summed E-state index contributed by atoms with van der Waals surface area (Å²) in [6.45, 7) is 5.66. The van der Waals surface area contributed by atoms with Crippen molar-refractivity contribution in [3.05, 3.63) is 64.2 Å². The second-order valence-corrected chi connectivity index (χ2v) is 6.48. The maximum atomic E-state index is 13.1. The molecule has 4 nitrogen and oxygen atoms in total. The number of carbonyl (C=O) groups is 1. The lowest BCUT2D eigenvalue weighted by molar-refractivity contribution is 0.103. The van der Waals surface area contributed by atoms with Crippen LogP contribution >= 0.6 is 0 Å². The Morgan fingerprint density at radius 1 is 1.12 bits per heavy atom. The van der Waals surface area contributed by atoms with Gasteiger partial charge in [-0.3, -0.25) is 4.79 Å². The zero-order valence-corrected chi connectivity index (χ0v) is 15.8. The minimum Gasteiger partial charge on any atom is -0.493 e. The predicted molar refractivity (Wildman–Crippen MR) is 104 cm³/mol. The number of fused-ring (bicyclic) bond motifs is 1. The first-order valence-corrected chi connectivity index (χ1v) is 8.88. The van der Waals surface area contributed by atoms with Crippen molar-refractivity contribution in [2.75, 3.05) is 27.3 Å². The Hall–Kier alpha value is -2.59. The number of carbonyl (C=O) groups excluding carboxylic acids is 1. The zero-order chi connectivity index (χ0) is 18.7. The van der Waals surface area contributed by atoms with Crippen molar-refractivity contribution in [1.82, 2.24) is 5.32 Å². The summed E-state index contributed by atoms with van der Waals surface area (Å²) >= 11 is 0. The van der Waals surface area contributed by atoms with Crippen LogP contribution < -0.4 is 14.8 Å². The Kier molecular flexibility index (Phi) is 5.43. The molecule has 0 bridgehead atoms. The van der Waals surface area contributed by atoms with E-state index in [0.29, 0.717) is 30.0 Å². The number of methoxy groups -OCH3 is 2. The van der Waals surface area contributed by atoms with Gasteiger partial charge >= 0.3 is 0 Å². The van der Waals surface area contributed by atoms with Crippen molar-refractivity contribution in [1.29, 1.82) is 0 Å². The molecule has 4 heteroatoms. The summed E-state index contributed by atoms with van der Waals surface area (Å²) in [5, 5.41) is 3.38. The fraction of sp³-hybridized carbons (Fsp3) is 0.318. The molecule has 0 atom stereocenters. The van der Waals surface area contributed by atoms with E-state index in [9.17, 15) is 4.79 Å². The summed E-state index contributed by atoms with van der Waals surface area (Å²) in [4.78, 5) is 13.1. The van der Waals surface area contributed by atoms with Crippen molar-refractivity contribution in [2.24, 2.45) is 0 Å². The largest absolute Gasteiger partial charge is 0.493 e. The van der Waals surface area contributed by atoms with E-state index in [4.69, 9.17) is 9.47 Å². The number of nitrogens with one attached hydrogen (secondary N) is 1. The smallest absolute Gasteiger partial charge is 0.190 e. The molecule has 2 aromatic rings. The lowest BCUT2D eigenvalue weighted by Gasteiger charge is -2.12. The average molecular weight is 351 g/mol. The lowest BCUT2D eigenvalue weighted by Crippen LogP contribution is -2.18. The third-order valence-electron chi connectivity index (χ3n) is 4.78. The molecular weight excluding hydrogens is 326 g/mol. The monoisotopic (exact) mass is 351 g/mol. The molecule has 0 spiro atoms. The molecule has 0 unspecified atom stereocenters. The maximum absolute atomic E-state index is 13.1. The molecule has 0 saturated carbocycles. The minimum atomic E-state index is 0.0790. The molecule has 26 heavy (non-hydrogen) atoms. The number of aryl methyl sites for hydroxylation is 1. The molecule has 0 aromatic heterocycles. The topological polar surface area (TPSA) is 47.6 Å². The van der Waals surface area contributed by atoms with Gasteiger partial charge in [0.05, 0.1) is 14.2 Å². The van der Waals surface area contributed by atoms with Gasteiger partial charge < -0.3 is 14.8 Å². The number of benzene rings is 2. The molecular formula is C22H25NO3. The maximum Gasteiger partial charge on any atom is 0.190 e.